The topological polar surface area (TPSA) is 143 Å². The van der Waals surface area contributed by atoms with Gasteiger partial charge in [-0.2, -0.15) is 0 Å². The minimum Gasteiger partial charge on any atom is -0.506 e. The van der Waals surface area contributed by atoms with Crippen molar-refractivity contribution in [3.05, 3.63) is 36.0 Å². The number of carboxylic acid groups (broad SMARTS) is 1. The van der Waals surface area contributed by atoms with Crippen LogP contribution in [0.25, 0.3) is 0 Å². The predicted octanol–water partition coefficient (Wildman–Crippen LogP) is 2.64. The van der Waals surface area contributed by atoms with E-state index in [1.54, 1.807) is 6.92 Å². The number of rotatable bonds is 9. The highest BCUT2D eigenvalue weighted by Gasteiger charge is 2.57. The molecule has 0 aliphatic heterocycles. The molecule has 3 rings (SSSR count). The van der Waals surface area contributed by atoms with Crippen LogP contribution in [0.1, 0.15) is 23.8 Å². The molecule has 1 aliphatic rings. The molecule has 0 aromatic carbocycles. The van der Waals surface area contributed by atoms with E-state index in [0.29, 0.717) is 0 Å². The molecule has 0 spiro atoms. The van der Waals surface area contributed by atoms with E-state index in [0.717, 1.165) is 24.5 Å². The number of halogens is 3. The summed E-state index contributed by atoms with van der Waals surface area (Å²) in [5.74, 6) is -6.30. The van der Waals surface area contributed by atoms with Gasteiger partial charge in [-0.05, 0) is 6.92 Å². The lowest BCUT2D eigenvalue weighted by atomic mass is 10.3. The summed E-state index contributed by atoms with van der Waals surface area (Å²) in [6, 6.07) is 1.39. The first kappa shape index (κ1) is 22.9. The van der Waals surface area contributed by atoms with Crippen molar-refractivity contribution >= 4 is 17.7 Å². The lowest BCUT2D eigenvalue weighted by Gasteiger charge is -2.13. The molecule has 0 saturated heterocycles. The van der Waals surface area contributed by atoms with Crippen LogP contribution in [0.2, 0.25) is 0 Å². The standard InChI is InChI=1S/C19H19F3N4O6/c1-9(25-18(29)30)7-32-15-3-14(27)13(6-23-15)26-17(28)16-12(20)2-11(5-24-16)31-8-10-4-19(10,21)22/h2-3,5-6,9-10,25H,4,7-8H2,1H3,(H,23,27)(H,26,28)(H,29,30)/t9-,10+/m0/s1. The smallest absolute Gasteiger partial charge is 0.404 e. The summed E-state index contributed by atoms with van der Waals surface area (Å²) in [6.45, 7) is 1.20. The first-order valence-electron chi connectivity index (χ1n) is 9.34. The van der Waals surface area contributed by atoms with Gasteiger partial charge in [0.05, 0.1) is 31.0 Å². The van der Waals surface area contributed by atoms with Gasteiger partial charge in [0.25, 0.3) is 11.8 Å². The summed E-state index contributed by atoms with van der Waals surface area (Å²) in [6.07, 6.45) is 0.575. The maximum atomic E-state index is 14.2. The van der Waals surface area contributed by atoms with Crippen LogP contribution < -0.4 is 20.1 Å². The number of amides is 2. The van der Waals surface area contributed by atoms with Gasteiger partial charge in [-0.3, -0.25) is 4.79 Å². The van der Waals surface area contributed by atoms with Gasteiger partial charge in [-0.25, -0.2) is 27.9 Å². The number of alkyl halides is 2. The van der Waals surface area contributed by atoms with Gasteiger partial charge in [0.1, 0.15) is 23.8 Å². The Morgan fingerprint density at radius 3 is 2.59 bits per heavy atom. The third-order valence-electron chi connectivity index (χ3n) is 4.39. The molecule has 13 heteroatoms. The number of hydrogen-bond acceptors (Lipinski definition) is 7. The second kappa shape index (κ2) is 9.16. The zero-order valence-electron chi connectivity index (χ0n) is 16.6. The molecule has 172 valence electrons. The van der Waals surface area contributed by atoms with Gasteiger partial charge in [0.2, 0.25) is 5.88 Å². The van der Waals surface area contributed by atoms with E-state index < -0.39 is 47.1 Å². The van der Waals surface area contributed by atoms with Crippen LogP contribution in [-0.2, 0) is 0 Å². The molecule has 2 aromatic heterocycles. The molecule has 2 heterocycles. The largest absolute Gasteiger partial charge is 0.506 e. The molecule has 1 saturated carbocycles. The summed E-state index contributed by atoms with van der Waals surface area (Å²) in [4.78, 5) is 30.3. The fraction of sp³-hybridized carbons (Fsp3) is 0.368. The number of anilines is 1. The zero-order valence-corrected chi connectivity index (χ0v) is 16.6. The molecule has 4 N–H and O–H groups in total. The van der Waals surface area contributed by atoms with E-state index in [4.69, 9.17) is 14.6 Å². The number of aromatic hydroxyl groups is 1. The van der Waals surface area contributed by atoms with E-state index in [-0.39, 0.29) is 37.0 Å². The third-order valence-corrected chi connectivity index (χ3v) is 4.39. The predicted molar refractivity (Wildman–Crippen MR) is 103 cm³/mol. The highest BCUT2D eigenvalue weighted by atomic mass is 19.3. The SMILES string of the molecule is C[C@@H](COc1cc(O)c(NC(=O)c2ncc(OC[C@H]3CC3(F)F)cc2F)cn1)NC(=O)O. The average molecular weight is 456 g/mol. The average Bonchev–Trinajstić information content (AvgIpc) is 3.32. The van der Waals surface area contributed by atoms with Crippen LogP contribution >= 0.6 is 0 Å². The number of ether oxygens (including phenoxy) is 2. The molecule has 1 aliphatic carbocycles. The molecule has 0 radical (unpaired) electrons. The van der Waals surface area contributed by atoms with E-state index in [2.05, 4.69) is 20.6 Å². The van der Waals surface area contributed by atoms with Crippen molar-refractivity contribution in [2.24, 2.45) is 5.92 Å². The molecule has 2 atom stereocenters. The molecule has 0 unspecified atom stereocenters. The minimum atomic E-state index is -2.77. The van der Waals surface area contributed by atoms with Crippen LogP contribution in [0.4, 0.5) is 23.7 Å². The third kappa shape index (κ3) is 5.89. The van der Waals surface area contributed by atoms with Gasteiger partial charge < -0.3 is 30.3 Å². The zero-order chi connectivity index (χ0) is 23.5. The normalized spacial score (nSPS) is 17.2. The molecule has 32 heavy (non-hydrogen) atoms. The van der Waals surface area contributed by atoms with E-state index >= 15 is 0 Å². The molecule has 10 nitrogen and oxygen atoms in total. The first-order chi connectivity index (χ1) is 15.0. The Labute approximate surface area is 179 Å². The van der Waals surface area contributed by atoms with Crippen molar-refractivity contribution in [1.82, 2.24) is 15.3 Å². The van der Waals surface area contributed by atoms with Crippen LogP contribution in [0, 0.1) is 11.7 Å². The Hall–Kier alpha value is -3.77. The van der Waals surface area contributed by atoms with Crippen molar-refractivity contribution in [3.63, 3.8) is 0 Å². The number of carbonyl (C=O) groups is 2. The summed E-state index contributed by atoms with van der Waals surface area (Å²) >= 11 is 0. The molecular formula is C19H19F3N4O6. The van der Waals surface area contributed by atoms with Crippen LogP contribution in [0.3, 0.4) is 0 Å². The van der Waals surface area contributed by atoms with Crippen molar-refractivity contribution in [1.29, 1.82) is 0 Å². The monoisotopic (exact) mass is 456 g/mol. The van der Waals surface area contributed by atoms with Crippen molar-refractivity contribution in [3.8, 4) is 17.4 Å². The lowest BCUT2D eigenvalue weighted by molar-refractivity contribution is 0.0855. The second-order valence-electron chi connectivity index (χ2n) is 7.13. The van der Waals surface area contributed by atoms with Crippen LogP contribution in [-0.4, -0.2) is 57.4 Å². The maximum Gasteiger partial charge on any atom is 0.404 e. The minimum absolute atomic E-state index is 0.0356. The summed E-state index contributed by atoms with van der Waals surface area (Å²) in [5.41, 5.74) is -0.765. The van der Waals surface area contributed by atoms with E-state index in [9.17, 15) is 27.9 Å². The summed E-state index contributed by atoms with van der Waals surface area (Å²) < 4.78 is 50.3. The molecule has 0 bridgehead atoms. The van der Waals surface area contributed by atoms with Crippen LogP contribution in [0.15, 0.2) is 24.5 Å². The van der Waals surface area contributed by atoms with Gasteiger partial charge in [-0.1, -0.05) is 0 Å². The first-order valence-corrected chi connectivity index (χ1v) is 9.34. The Bertz CT molecular complexity index is 1020. The maximum absolute atomic E-state index is 14.2. The number of hydrogen-bond donors (Lipinski definition) is 4. The molecule has 2 aromatic rings. The van der Waals surface area contributed by atoms with Gasteiger partial charge in [0.15, 0.2) is 11.5 Å². The highest BCUT2D eigenvalue weighted by Crippen LogP contribution is 2.48. The number of nitrogens with zero attached hydrogens (tertiary/aromatic N) is 2. The lowest BCUT2D eigenvalue weighted by Crippen LogP contribution is -2.35. The number of pyridine rings is 2. The van der Waals surface area contributed by atoms with E-state index in [1.807, 2.05) is 0 Å². The Morgan fingerprint density at radius 2 is 2.00 bits per heavy atom. The van der Waals surface area contributed by atoms with Gasteiger partial charge in [-0.15, -0.1) is 0 Å². The quantitative estimate of drug-likeness (QED) is 0.451. The highest BCUT2D eigenvalue weighted by molar-refractivity contribution is 6.03. The van der Waals surface area contributed by atoms with Crippen LogP contribution in [0.5, 0.6) is 17.4 Å². The number of carbonyl (C=O) groups excluding carboxylic acids is 1. The number of aromatic nitrogens is 2. The fourth-order valence-corrected chi connectivity index (χ4v) is 2.56. The van der Waals surface area contributed by atoms with E-state index in [1.165, 1.54) is 0 Å². The number of nitrogens with one attached hydrogen (secondary N) is 2. The molecule has 2 amide bonds. The fourth-order valence-electron chi connectivity index (χ4n) is 2.56. The van der Waals surface area contributed by atoms with Crippen molar-refractivity contribution < 1.29 is 42.4 Å². The molecular weight excluding hydrogens is 437 g/mol. The summed E-state index contributed by atoms with van der Waals surface area (Å²) in [5, 5.41) is 23.1. The Kier molecular flexibility index (Phi) is 6.55. The van der Waals surface area contributed by atoms with Crippen molar-refractivity contribution in [2.75, 3.05) is 18.5 Å². The van der Waals surface area contributed by atoms with Gasteiger partial charge >= 0.3 is 6.09 Å². The van der Waals surface area contributed by atoms with Gasteiger partial charge in [0, 0.05) is 18.6 Å². The van der Waals surface area contributed by atoms with Crippen molar-refractivity contribution in [2.45, 2.75) is 25.3 Å². The Balaban J connectivity index is 1.57. The second-order valence-corrected chi connectivity index (χ2v) is 7.13. The summed E-state index contributed by atoms with van der Waals surface area (Å²) in [7, 11) is 0. The Morgan fingerprint density at radius 1 is 1.28 bits per heavy atom. The molecule has 1 fully saturated rings.